The molecular weight excluding hydrogens is 719 g/mol. The Hall–Kier alpha value is -3.46. The van der Waals surface area contributed by atoms with Crippen molar-refractivity contribution in [1.82, 2.24) is 25.6 Å². The molecule has 4 N–H and O–H groups in total. The summed E-state index contributed by atoms with van der Waals surface area (Å²) in [5.41, 5.74) is -3.65. The predicted molar refractivity (Wildman–Crippen MR) is 201 cm³/mol. The molecule has 5 rings (SSSR count). The van der Waals surface area contributed by atoms with Gasteiger partial charge in [0.1, 0.15) is 17.6 Å². The number of piperidine rings is 1. The minimum Gasteiger partial charge on any atom is -0.339 e. The lowest BCUT2D eigenvalue weighted by Crippen LogP contribution is -2.64. The van der Waals surface area contributed by atoms with Crippen molar-refractivity contribution in [2.45, 2.75) is 127 Å². The van der Waals surface area contributed by atoms with Crippen LogP contribution in [0.4, 0.5) is 4.79 Å². The van der Waals surface area contributed by atoms with Crippen LogP contribution >= 0.6 is 0 Å². The highest BCUT2D eigenvalue weighted by Crippen LogP contribution is 2.65. The molecule has 6 atom stereocenters. The van der Waals surface area contributed by atoms with Crippen LogP contribution in [0.1, 0.15) is 93.9 Å². The van der Waals surface area contributed by atoms with Gasteiger partial charge in [0.05, 0.1) is 20.9 Å². The first-order valence-electron chi connectivity index (χ1n) is 18.5. The first-order valence-corrected chi connectivity index (χ1v) is 21.6. The average Bonchev–Trinajstić information content (AvgIpc) is 3.81. The highest BCUT2D eigenvalue weighted by atomic mass is 32.2. The Morgan fingerprint density at radius 2 is 1.55 bits per heavy atom. The van der Waals surface area contributed by atoms with Crippen molar-refractivity contribution in [2.75, 3.05) is 12.3 Å². The standard InChI is InChI=1S/C38H57N5O8S2/c1-10-24-21-38(24,32(46)42-53(50,51)25-17-13-11-14-18-25)40-30(44)28-27-26(36(27,8)9)22-43(28)31(45)29(34(2,3)4)39-33(47)41-37(19-15-12-16-20-37)23-52(48,49)35(5,6)7/h10-11,13-14,17-18,24,26-29H,1,12,15-16,19-23H2,2-9H3,(H,40,44)(H,42,46)(H2,39,41,47)/t24-,26?,27?,28+,29-,38-/m1/s1. The van der Waals surface area contributed by atoms with Crippen molar-refractivity contribution in [3.8, 4) is 0 Å². The Morgan fingerprint density at radius 3 is 2.08 bits per heavy atom. The maximum Gasteiger partial charge on any atom is 0.315 e. The molecule has 13 nitrogen and oxygen atoms in total. The summed E-state index contributed by atoms with van der Waals surface area (Å²) in [5, 5.41) is 8.69. The van der Waals surface area contributed by atoms with Crippen LogP contribution in [0.2, 0.25) is 0 Å². The van der Waals surface area contributed by atoms with Crippen molar-refractivity contribution in [3.05, 3.63) is 43.0 Å². The second kappa shape index (κ2) is 13.7. The highest BCUT2D eigenvalue weighted by molar-refractivity contribution is 7.92. The second-order valence-corrected chi connectivity index (χ2v) is 22.7. The molecule has 4 fully saturated rings. The molecule has 3 saturated carbocycles. The first kappa shape index (κ1) is 40.7. The van der Waals surface area contributed by atoms with Crippen molar-refractivity contribution in [1.29, 1.82) is 0 Å². The van der Waals surface area contributed by atoms with Crippen LogP contribution in [-0.4, -0.2) is 85.7 Å². The van der Waals surface area contributed by atoms with Gasteiger partial charge in [0.25, 0.3) is 15.9 Å². The van der Waals surface area contributed by atoms with Gasteiger partial charge >= 0.3 is 6.03 Å². The molecule has 2 unspecified atom stereocenters. The van der Waals surface area contributed by atoms with Gasteiger partial charge in [-0.05, 0) is 74.8 Å². The van der Waals surface area contributed by atoms with Crippen LogP contribution in [0.3, 0.4) is 0 Å². The van der Waals surface area contributed by atoms with Gasteiger partial charge in [-0.1, -0.05) is 78.2 Å². The number of hydrogen-bond acceptors (Lipinski definition) is 8. The molecule has 1 aromatic carbocycles. The van der Waals surface area contributed by atoms with E-state index in [1.54, 1.807) is 47.6 Å². The summed E-state index contributed by atoms with van der Waals surface area (Å²) in [6, 6.07) is 4.71. The normalized spacial score (nSPS) is 28.1. The van der Waals surface area contributed by atoms with Crippen molar-refractivity contribution in [2.24, 2.45) is 28.6 Å². The quantitative estimate of drug-likeness (QED) is 0.245. The molecule has 0 radical (unpaired) electrons. The zero-order chi connectivity index (χ0) is 39.6. The van der Waals surface area contributed by atoms with Crippen molar-refractivity contribution >= 4 is 43.6 Å². The van der Waals surface area contributed by atoms with E-state index in [4.69, 9.17) is 0 Å². The monoisotopic (exact) mass is 775 g/mol. The number of likely N-dealkylation sites (tertiary alicyclic amines) is 1. The summed E-state index contributed by atoms with van der Waals surface area (Å²) in [4.78, 5) is 57.7. The molecule has 0 bridgehead atoms. The fourth-order valence-corrected chi connectivity index (χ4v) is 10.9. The van der Waals surface area contributed by atoms with Crippen molar-refractivity contribution < 1.29 is 36.0 Å². The van der Waals surface area contributed by atoms with E-state index in [0.29, 0.717) is 12.8 Å². The number of sulfonamides is 1. The number of sulfone groups is 1. The third-order valence-electron chi connectivity index (χ3n) is 12.1. The Bertz CT molecular complexity index is 1860. The molecule has 1 heterocycles. The Balaban J connectivity index is 1.37. The summed E-state index contributed by atoms with van der Waals surface area (Å²) in [7, 11) is -7.83. The van der Waals surface area contributed by atoms with Gasteiger partial charge < -0.3 is 20.9 Å². The minimum atomic E-state index is -4.24. The minimum absolute atomic E-state index is 0.0117. The smallest absolute Gasteiger partial charge is 0.315 e. The van der Waals surface area contributed by atoms with Gasteiger partial charge in [-0.2, -0.15) is 0 Å². The summed E-state index contributed by atoms with van der Waals surface area (Å²) >= 11 is 0. The summed E-state index contributed by atoms with van der Waals surface area (Å²) in [6.45, 7) is 18.4. The molecule has 3 aliphatic carbocycles. The number of nitrogens with zero attached hydrogens (tertiary/aromatic N) is 1. The Kier molecular flexibility index (Phi) is 10.5. The largest absolute Gasteiger partial charge is 0.339 e. The highest BCUT2D eigenvalue weighted by Gasteiger charge is 2.71. The van der Waals surface area contributed by atoms with Crippen LogP contribution in [0.15, 0.2) is 47.9 Å². The predicted octanol–water partition coefficient (Wildman–Crippen LogP) is 3.67. The molecule has 1 aliphatic heterocycles. The van der Waals surface area contributed by atoms with Crippen LogP contribution in [0.25, 0.3) is 0 Å². The summed E-state index contributed by atoms with van der Waals surface area (Å²) < 4.78 is 53.9. The number of urea groups is 1. The number of rotatable bonds is 11. The summed E-state index contributed by atoms with van der Waals surface area (Å²) in [5.74, 6) is -2.95. The van der Waals surface area contributed by atoms with E-state index in [9.17, 15) is 36.0 Å². The van der Waals surface area contributed by atoms with E-state index in [-0.39, 0.29) is 40.9 Å². The molecule has 15 heteroatoms. The average molecular weight is 776 g/mol. The van der Waals surface area contributed by atoms with Gasteiger partial charge in [-0.25, -0.2) is 26.4 Å². The molecule has 0 aromatic heterocycles. The van der Waals surface area contributed by atoms with E-state index in [1.165, 1.54) is 35.2 Å². The number of benzene rings is 1. The van der Waals surface area contributed by atoms with E-state index >= 15 is 0 Å². The molecule has 53 heavy (non-hydrogen) atoms. The lowest BCUT2D eigenvalue weighted by atomic mass is 9.83. The topological polar surface area (TPSA) is 188 Å². The third kappa shape index (κ3) is 7.88. The maximum atomic E-state index is 14.6. The number of amides is 5. The fraction of sp³-hybridized carbons (Fsp3) is 0.684. The molecule has 1 saturated heterocycles. The molecule has 0 spiro atoms. The van der Waals surface area contributed by atoms with Crippen LogP contribution < -0.4 is 20.7 Å². The van der Waals surface area contributed by atoms with E-state index in [1.807, 2.05) is 13.8 Å². The molecule has 5 amide bonds. The van der Waals surface area contributed by atoms with Gasteiger partial charge in [0, 0.05) is 12.5 Å². The van der Waals surface area contributed by atoms with Crippen molar-refractivity contribution in [3.63, 3.8) is 0 Å². The first-order chi connectivity index (χ1) is 24.3. The lowest BCUT2D eigenvalue weighted by molar-refractivity contribution is -0.144. The van der Waals surface area contributed by atoms with Gasteiger partial charge in [-0.15, -0.1) is 6.58 Å². The summed E-state index contributed by atoms with van der Waals surface area (Å²) in [6.07, 6.45) is 5.06. The molecule has 4 aliphatic rings. The molecule has 294 valence electrons. The van der Waals surface area contributed by atoms with E-state index in [0.717, 1.165) is 19.3 Å². The van der Waals surface area contributed by atoms with Gasteiger partial charge in [-0.3, -0.25) is 14.4 Å². The SMILES string of the molecule is C=C[C@@H]1C[C@]1(NC(=O)[C@@H]1C2C(CN1C(=O)[C@@H](NC(=O)NC1(CS(=O)(=O)C(C)(C)C)CCCCC1)C(C)(C)C)C2(C)C)C(=O)NS(=O)(=O)c1ccccc1. The van der Waals surface area contributed by atoms with Crippen LogP contribution in [0.5, 0.6) is 0 Å². The zero-order valence-electron chi connectivity index (χ0n) is 32.2. The Labute approximate surface area is 314 Å². The number of carbonyl (C=O) groups is 4. The van der Waals surface area contributed by atoms with Gasteiger partial charge in [0.2, 0.25) is 11.8 Å². The number of hydrogen-bond donors (Lipinski definition) is 4. The second-order valence-electron chi connectivity index (χ2n) is 18.3. The maximum absolute atomic E-state index is 14.6. The van der Waals surface area contributed by atoms with Crippen LogP contribution in [-0.2, 0) is 34.2 Å². The Morgan fingerprint density at radius 1 is 0.943 bits per heavy atom. The van der Waals surface area contributed by atoms with E-state index in [2.05, 4.69) is 27.3 Å². The number of carbonyl (C=O) groups excluding carboxylic acids is 4. The third-order valence-corrected chi connectivity index (χ3v) is 16.2. The zero-order valence-corrected chi connectivity index (χ0v) is 33.9. The van der Waals surface area contributed by atoms with E-state index < -0.39 is 82.9 Å². The van der Waals surface area contributed by atoms with Crippen LogP contribution in [0, 0.1) is 28.6 Å². The fourth-order valence-electron chi connectivity index (χ4n) is 8.35. The lowest BCUT2D eigenvalue weighted by Gasteiger charge is -2.41. The number of nitrogens with one attached hydrogen (secondary N) is 4. The van der Waals surface area contributed by atoms with Gasteiger partial charge in [0.15, 0.2) is 9.84 Å². The molecular formula is C38H57N5O8S2. The molecule has 1 aromatic rings. The number of fused-ring (bicyclic) bond motifs is 1.